The molecule has 2 heterocycles. The number of benzene rings is 1. The van der Waals surface area contributed by atoms with Crippen molar-refractivity contribution in [2.75, 3.05) is 6.54 Å². The number of fused-ring (bicyclic) bond motifs is 1. The highest BCUT2D eigenvalue weighted by Crippen LogP contribution is 2.16. The van der Waals surface area contributed by atoms with Crippen LogP contribution in [0, 0.1) is 18.6 Å². The molecule has 0 saturated carbocycles. The molecule has 134 valence electrons. The Bertz CT molecular complexity index is 776. The molecule has 3 rings (SSSR count). The number of aromatic nitrogens is 3. The summed E-state index contributed by atoms with van der Waals surface area (Å²) in [7, 11) is 0. The highest BCUT2D eigenvalue weighted by atomic mass is 19.1. The summed E-state index contributed by atoms with van der Waals surface area (Å²) in [5.74, 6) is 0.453. The Morgan fingerprint density at radius 2 is 2.12 bits per heavy atom. The van der Waals surface area contributed by atoms with Crippen LogP contribution in [-0.4, -0.2) is 38.2 Å². The van der Waals surface area contributed by atoms with Crippen LogP contribution in [0.4, 0.5) is 8.78 Å². The van der Waals surface area contributed by atoms with Crippen LogP contribution in [-0.2, 0) is 24.3 Å². The van der Waals surface area contributed by atoms with Gasteiger partial charge in [-0.05, 0) is 43.5 Å². The van der Waals surface area contributed by atoms with Gasteiger partial charge in [0.15, 0.2) is 5.82 Å². The highest BCUT2D eigenvalue weighted by molar-refractivity contribution is 5.76. The molecule has 1 amide bonds. The Kier molecular flexibility index (Phi) is 5.08. The van der Waals surface area contributed by atoms with E-state index in [9.17, 15) is 13.6 Å². The highest BCUT2D eigenvalue weighted by Gasteiger charge is 2.23. The molecule has 6 nitrogen and oxygen atoms in total. The Hall–Kier alpha value is -2.35. The molecular weight excluding hydrogens is 328 g/mol. The van der Waals surface area contributed by atoms with Crippen molar-refractivity contribution in [3.8, 4) is 0 Å². The summed E-state index contributed by atoms with van der Waals surface area (Å²) in [6.45, 7) is 3.67. The van der Waals surface area contributed by atoms with Crippen LogP contribution < -0.4 is 5.73 Å². The second kappa shape index (κ2) is 7.26. The topological polar surface area (TPSA) is 77.0 Å². The van der Waals surface area contributed by atoms with Gasteiger partial charge in [0, 0.05) is 25.6 Å². The van der Waals surface area contributed by atoms with Crippen LogP contribution in [0.1, 0.15) is 30.1 Å². The molecule has 8 heteroatoms. The van der Waals surface area contributed by atoms with E-state index < -0.39 is 17.7 Å². The fourth-order valence-electron chi connectivity index (χ4n) is 3.12. The number of hydrogen-bond acceptors (Lipinski definition) is 4. The fourth-order valence-corrected chi connectivity index (χ4v) is 3.12. The molecule has 0 radical (unpaired) electrons. The summed E-state index contributed by atoms with van der Waals surface area (Å²) < 4.78 is 29.0. The zero-order valence-corrected chi connectivity index (χ0v) is 14.1. The SMILES string of the molecule is Cc1nnc2n1CCCN(C(=O)C[C@H](N)Cc1cc(F)ccc1F)C2. The molecule has 1 aliphatic rings. The van der Waals surface area contributed by atoms with Crippen LogP contribution in [0.3, 0.4) is 0 Å². The monoisotopic (exact) mass is 349 g/mol. The molecule has 0 bridgehead atoms. The van der Waals surface area contributed by atoms with Crippen molar-refractivity contribution >= 4 is 5.91 Å². The van der Waals surface area contributed by atoms with E-state index in [1.807, 2.05) is 11.5 Å². The number of aryl methyl sites for hydroxylation is 1. The van der Waals surface area contributed by atoms with Crippen molar-refractivity contribution in [3.05, 3.63) is 47.0 Å². The molecule has 0 saturated heterocycles. The first kappa shape index (κ1) is 17.5. The summed E-state index contributed by atoms with van der Waals surface area (Å²) >= 11 is 0. The molecule has 1 atom stereocenters. The second-order valence-corrected chi connectivity index (χ2v) is 6.39. The van der Waals surface area contributed by atoms with Gasteiger partial charge in [0.2, 0.25) is 5.91 Å². The van der Waals surface area contributed by atoms with E-state index in [1.54, 1.807) is 4.90 Å². The largest absolute Gasteiger partial charge is 0.335 e. The van der Waals surface area contributed by atoms with Gasteiger partial charge in [-0.3, -0.25) is 4.79 Å². The molecule has 1 aliphatic heterocycles. The maximum Gasteiger partial charge on any atom is 0.224 e. The van der Waals surface area contributed by atoms with E-state index in [0.717, 1.165) is 42.8 Å². The van der Waals surface area contributed by atoms with Gasteiger partial charge in [0.05, 0.1) is 6.54 Å². The molecule has 1 aromatic carbocycles. The fraction of sp³-hybridized carbons (Fsp3) is 0.471. The summed E-state index contributed by atoms with van der Waals surface area (Å²) in [4.78, 5) is 14.2. The molecule has 0 spiro atoms. The van der Waals surface area contributed by atoms with Crippen LogP contribution in [0.2, 0.25) is 0 Å². The van der Waals surface area contributed by atoms with Crippen molar-refractivity contribution in [2.45, 2.75) is 45.3 Å². The van der Waals surface area contributed by atoms with Gasteiger partial charge in [0.25, 0.3) is 0 Å². The van der Waals surface area contributed by atoms with Crippen molar-refractivity contribution in [1.82, 2.24) is 19.7 Å². The summed E-state index contributed by atoms with van der Waals surface area (Å²) in [5, 5.41) is 8.16. The lowest BCUT2D eigenvalue weighted by molar-refractivity contribution is -0.132. The van der Waals surface area contributed by atoms with Crippen LogP contribution in [0.25, 0.3) is 0 Å². The Morgan fingerprint density at radius 1 is 1.32 bits per heavy atom. The van der Waals surface area contributed by atoms with Crippen LogP contribution in [0.5, 0.6) is 0 Å². The van der Waals surface area contributed by atoms with Gasteiger partial charge in [-0.1, -0.05) is 0 Å². The normalized spacial score (nSPS) is 15.6. The van der Waals surface area contributed by atoms with Gasteiger partial charge in [-0.15, -0.1) is 10.2 Å². The van der Waals surface area contributed by atoms with Crippen molar-refractivity contribution < 1.29 is 13.6 Å². The first-order valence-corrected chi connectivity index (χ1v) is 8.30. The molecular formula is C17H21F2N5O. The van der Waals surface area contributed by atoms with Crippen molar-refractivity contribution in [2.24, 2.45) is 5.73 Å². The van der Waals surface area contributed by atoms with Gasteiger partial charge < -0.3 is 15.2 Å². The Balaban J connectivity index is 1.62. The maximum absolute atomic E-state index is 13.7. The lowest BCUT2D eigenvalue weighted by atomic mass is 10.0. The number of halogens is 2. The molecule has 1 aromatic heterocycles. The number of carbonyl (C=O) groups excluding carboxylic acids is 1. The zero-order chi connectivity index (χ0) is 18.0. The minimum Gasteiger partial charge on any atom is -0.335 e. The van der Waals surface area contributed by atoms with Crippen LogP contribution >= 0.6 is 0 Å². The van der Waals surface area contributed by atoms with E-state index in [-0.39, 0.29) is 24.3 Å². The third-order valence-electron chi connectivity index (χ3n) is 4.43. The van der Waals surface area contributed by atoms with Gasteiger partial charge in [-0.25, -0.2) is 8.78 Å². The quantitative estimate of drug-likeness (QED) is 0.909. The number of amides is 1. The molecule has 2 aromatic rings. The number of carbonyl (C=O) groups is 1. The lowest BCUT2D eigenvalue weighted by Crippen LogP contribution is -2.36. The predicted octanol–water partition coefficient (Wildman–Crippen LogP) is 1.56. The first-order valence-electron chi connectivity index (χ1n) is 8.30. The Morgan fingerprint density at radius 3 is 2.92 bits per heavy atom. The second-order valence-electron chi connectivity index (χ2n) is 6.39. The maximum atomic E-state index is 13.7. The zero-order valence-electron chi connectivity index (χ0n) is 14.1. The van der Waals surface area contributed by atoms with E-state index in [1.165, 1.54) is 0 Å². The first-order chi connectivity index (χ1) is 11.9. The minimum atomic E-state index is -0.577. The standard InChI is InChI=1S/C17H21F2N5O/c1-11-21-22-16-10-23(5-2-6-24(11)16)17(25)9-14(20)8-12-7-13(18)3-4-15(12)19/h3-4,7,14H,2,5-6,8-10,20H2,1H3/t14-/m1/s1. The summed E-state index contributed by atoms with van der Waals surface area (Å²) in [6.07, 6.45) is 0.993. The summed E-state index contributed by atoms with van der Waals surface area (Å²) in [5.41, 5.74) is 6.19. The van der Waals surface area contributed by atoms with Gasteiger partial charge >= 0.3 is 0 Å². The smallest absolute Gasteiger partial charge is 0.224 e. The third-order valence-corrected chi connectivity index (χ3v) is 4.43. The van der Waals surface area contributed by atoms with Gasteiger partial charge in [0.1, 0.15) is 17.5 Å². The van der Waals surface area contributed by atoms with Gasteiger partial charge in [-0.2, -0.15) is 0 Å². The lowest BCUT2D eigenvalue weighted by Gasteiger charge is -2.21. The summed E-state index contributed by atoms with van der Waals surface area (Å²) in [6, 6.07) is 2.68. The molecule has 0 aliphatic carbocycles. The average molecular weight is 349 g/mol. The number of nitrogens with zero attached hydrogens (tertiary/aromatic N) is 4. The van der Waals surface area contributed by atoms with E-state index in [0.29, 0.717) is 13.1 Å². The Labute approximate surface area is 144 Å². The van der Waals surface area contributed by atoms with Crippen molar-refractivity contribution in [3.63, 3.8) is 0 Å². The number of hydrogen-bond donors (Lipinski definition) is 1. The minimum absolute atomic E-state index is 0.0725. The van der Waals surface area contributed by atoms with Crippen LogP contribution in [0.15, 0.2) is 18.2 Å². The van der Waals surface area contributed by atoms with E-state index in [4.69, 9.17) is 5.73 Å². The number of nitrogens with two attached hydrogens (primary N) is 1. The van der Waals surface area contributed by atoms with E-state index in [2.05, 4.69) is 10.2 Å². The molecule has 2 N–H and O–H groups in total. The van der Waals surface area contributed by atoms with Crippen molar-refractivity contribution in [1.29, 1.82) is 0 Å². The molecule has 0 unspecified atom stereocenters. The predicted molar refractivity (Wildman–Crippen MR) is 87.4 cm³/mol. The average Bonchev–Trinajstić information content (AvgIpc) is 2.79. The number of rotatable bonds is 4. The molecule has 25 heavy (non-hydrogen) atoms. The molecule has 0 fully saturated rings. The third kappa shape index (κ3) is 4.01. The van der Waals surface area contributed by atoms with E-state index >= 15 is 0 Å².